The van der Waals surface area contributed by atoms with Crippen LogP contribution in [-0.2, 0) is 6.54 Å². The van der Waals surface area contributed by atoms with Crippen molar-refractivity contribution < 1.29 is 4.74 Å². The third kappa shape index (κ3) is 2.70. The minimum atomic E-state index is -0.120. The lowest BCUT2D eigenvalue weighted by Crippen LogP contribution is -2.23. The van der Waals surface area contributed by atoms with Crippen molar-refractivity contribution in [3.05, 3.63) is 39.9 Å². The number of nitrogens with zero attached hydrogens (tertiary/aromatic N) is 4. The summed E-state index contributed by atoms with van der Waals surface area (Å²) in [7, 11) is 3.38. The molecule has 3 heterocycles. The second-order valence-corrected chi connectivity index (χ2v) is 5.32. The van der Waals surface area contributed by atoms with Crippen LogP contribution in [0.25, 0.3) is 10.2 Å². The second-order valence-electron chi connectivity index (χ2n) is 4.40. The molecular formula is C13H13N5O2S. The maximum atomic E-state index is 11.9. The SMILES string of the molecule is COc1ccnc(N(C)Cc2nc3ccsc3c(=O)[nH]2)n1. The van der Waals surface area contributed by atoms with Gasteiger partial charge in [-0.05, 0) is 11.4 Å². The first-order valence-corrected chi connectivity index (χ1v) is 7.10. The van der Waals surface area contributed by atoms with Gasteiger partial charge in [-0.15, -0.1) is 11.3 Å². The molecule has 0 aliphatic rings. The van der Waals surface area contributed by atoms with Crippen LogP contribution >= 0.6 is 11.3 Å². The maximum absolute atomic E-state index is 11.9. The monoisotopic (exact) mass is 303 g/mol. The number of H-pyrrole nitrogens is 1. The van der Waals surface area contributed by atoms with Crippen LogP contribution in [0.1, 0.15) is 5.82 Å². The first-order chi connectivity index (χ1) is 10.2. The normalized spacial score (nSPS) is 10.8. The van der Waals surface area contributed by atoms with Crippen molar-refractivity contribution in [1.29, 1.82) is 0 Å². The quantitative estimate of drug-likeness (QED) is 0.784. The molecule has 3 rings (SSSR count). The van der Waals surface area contributed by atoms with E-state index in [0.717, 1.165) is 0 Å². The minimum absolute atomic E-state index is 0.120. The van der Waals surface area contributed by atoms with E-state index in [4.69, 9.17) is 4.74 Å². The Kier molecular flexibility index (Phi) is 3.53. The number of fused-ring (bicyclic) bond motifs is 1. The number of hydrogen-bond acceptors (Lipinski definition) is 7. The molecule has 0 atom stereocenters. The molecule has 3 aromatic rings. The molecule has 0 bridgehead atoms. The minimum Gasteiger partial charge on any atom is -0.481 e. The van der Waals surface area contributed by atoms with Crippen molar-refractivity contribution in [1.82, 2.24) is 19.9 Å². The van der Waals surface area contributed by atoms with Crippen LogP contribution in [0.3, 0.4) is 0 Å². The molecule has 8 heteroatoms. The van der Waals surface area contributed by atoms with Gasteiger partial charge in [-0.25, -0.2) is 9.97 Å². The van der Waals surface area contributed by atoms with Crippen LogP contribution in [0, 0.1) is 0 Å². The van der Waals surface area contributed by atoms with Gasteiger partial charge in [-0.1, -0.05) is 0 Å². The average molecular weight is 303 g/mol. The molecule has 0 saturated carbocycles. The first-order valence-electron chi connectivity index (χ1n) is 6.22. The number of methoxy groups -OCH3 is 1. The number of rotatable bonds is 4. The highest BCUT2D eigenvalue weighted by molar-refractivity contribution is 7.17. The molecule has 0 saturated heterocycles. The molecule has 21 heavy (non-hydrogen) atoms. The van der Waals surface area contributed by atoms with Crippen LogP contribution < -0.4 is 15.2 Å². The fourth-order valence-corrected chi connectivity index (χ4v) is 2.65. The Labute approximate surface area is 124 Å². The van der Waals surface area contributed by atoms with Crippen LogP contribution in [0.4, 0.5) is 5.95 Å². The van der Waals surface area contributed by atoms with E-state index in [1.165, 1.54) is 11.3 Å². The maximum Gasteiger partial charge on any atom is 0.268 e. The number of ether oxygens (including phenoxy) is 1. The van der Waals surface area contributed by atoms with Gasteiger partial charge in [-0.2, -0.15) is 4.98 Å². The molecule has 0 aliphatic heterocycles. The summed E-state index contributed by atoms with van der Waals surface area (Å²) in [6, 6.07) is 3.51. The van der Waals surface area contributed by atoms with Gasteiger partial charge < -0.3 is 14.6 Å². The summed E-state index contributed by atoms with van der Waals surface area (Å²) in [5, 5.41) is 1.85. The number of aromatic amines is 1. The Hall–Kier alpha value is -2.48. The van der Waals surface area contributed by atoms with Gasteiger partial charge in [0.1, 0.15) is 10.5 Å². The number of anilines is 1. The first kappa shape index (κ1) is 13.5. The van der Waals surface area contributed by atoms with E-state index in [1.54, 1.807) is 24.3 Å². The number of nitrogens with one attached hydrogen (secondary N) is 1. The summed E-state index contributed by atoms with van der Waals surface area (Å²) in [4.78, 5) is 29.3. The van der Waals surface area contributed by atoms with E-state index in [1.807, 2.05) is 18.5 Å². The van der Waals surface area contributed by atoms with Crippen LogP contribution in [-0.4, -0.2) is 34.1 Å². The highest BCUT2D eigenvalue weighted by Crippen LogP contribution is 2.15. The Balaban J connectivity index is 1.88. The average Bonchev–Trinajstić information content (AvgIpc) is 2.96. The second kappa shape index (κ2) is 5.49. The molecule has 0 aromatic carbocycles. The molecule has 1 N–H and O–H groups in total. The molecule has 0 fully saturated rings. The predicted octanol–water partition coefficient (Wildman–Crippen LogP) is 1.42. The molecule has 3 aromatic heterocycles. The summed E-state index contributed by atoms with van der Waals surface area (Å²) < 4.78 is 5.71. The van der Waals surface area contributed by atoms with Crippen molar-refractivity contribution in [2.24, 2.45) is 0 Å². The van der Waals surface area contributed by atoms with Crippen molar-refractivity contribution in [3.63, 3.8) is 0 Å². The van der Waals surface area contributed by atoms with E-state index in [0.29, 0.717) is 34.4 Å². The fourth-order valence-electron chi connectivity index (χ4n) is 1.92. The zero-order valence-electron chi connectivity index (χ0n) is 11.5. The Bertz CT molecular complexity index is 829. The molecule has 0 spiro atoms. The van der Waals surface area contributed by atoms with Crippen LogP contribution in [0.5, 0.6) is 5.88 Å². The predicted molar refractivity (Wildman–Crippen MR) is 80.9 cm³/mol. The number of thiophene rings is 1. The van der Waals surface area contributed by atoms with E-state index >= 15 is 0 Å². The molecule has 0 aliphatic carbocycles. The third-order valence-electron chi connectivity index (χ3n) is 2.92. The molecular weight excluding hydrogens is 290 g/mol. The van der Waals surface area contributed by atoms with Crippen molar-refractivity contribution in [3.8, 4) is 5.88 Å². The lowest BCUT2D eigenvalue weighted by molar-refractivity contribution is 0.397. The van der Waals surface area contributed by atoms with Gasteiger partial charge in [0.25, 0.3) is 5.56 Å². The van der Waals surface area contributed by atoms with Gasteiger partial charge in [0.15, 0.2) is 0 Å². The van der Waals surface area contributed by atoms with Crippen LogP contribution in [0.15, 0.2) is 28.5 Å². The number of aromatic nitrogens is 4. The third-order valence-corrected chi connectivity index (χ3v) is 3.82. The van der Waals surface area contributed by atoms with Gasteiger partial charge in [0.2, 0.25) is 11.8 Å². The van der Waals surface area contributed by atoms with Gasteiger partial charge in [-0.3, -0.25) is 4.79 Å². The topological polar surface area (TPSA) is 84.0 Å². The highest BCUT2D eigenvalue weighted by Gasteiger charge is 2.10. The van der Waals surface area contributed by atoms with Crippen molar-refractivity contribution >= 4 is 27.5 Å². The van der Waals surface area contributed by atoms with Gasteiger partial charge in [0.05, 0.1) is 19.2 Å². The fraction of sp³-hybridized carbons (Fsp3) is 0.231. The molecule has 0 unspecified atom stereocenters. The summed E-state index contributed by atoms with van der Waals surface area (Å²) in [5.41, 5.74) is 0.587. The Morgan fingerprint density at radius 2 is 2.24 bits per heavy atom. The van der Waals surface area contributed by atoms with Gasteiger partial charge >= 0.3 is 0 Å². The van der Waals surface area contributed by atoms with Gasteiger partial charge in [0, 0.05) is 19.3 Å². The van der Waals surface area contributed by atoms with Crippen molar-refractivity contribution in [2.45, 2.75) is 6.54 Å². The molecule has 0 radical (unpaired) electrons. The van der Waals surface area contributed by atoms with E-state index in [-0.39, 0.29) is 5.56 Å². The van der Waals surface area contributed by atoms with E-state index in [9.17, 15) is 4.79 Å². The summed E-state index contributed by atoms with van der Waals surface area (Å²) >= 11 is 1.38. The lowest BCUT2D eigenvalue weighted by Gasteiger charge is -2.16. The zero-order chi connectivity index (χ0) is 14.8. The molecule has 108 valence electrons. The van der Waals surface area contributed by atoms with Crippen molar-refractivity contribution in [2.75, 3.05) is 19.1 Å². The standard InChI is InChI=1S/C13H13N5O2S/c1-18(13-14-5-3-10(17-13)20-2)7-9-15-8-4-6-21-11(8)12(19)16-9/h3-6H,7H2,1-2H3,(H,15,16,19). The summed E-state index contributed by atoms with van der Waals surface area (Å²) in [6.07, 6.45) is 1.62. The highest BCUT2D eigenvalue weighted by atomic mass is 32.1. The van der Waals surface area contributed by atoms with E-state index in [2.05, 4.69) is 19.9 Å². The molecule has 7 nitrogen and oxygen atoms in total. The summed E-state index contributed by atoms with van der Waals surface area (Å²) in [6.45, 7) is 0.397. The number of hydrogen-bond donors (Lipinski definition) is 1. The van der Waals surface area contributed by atoms with E-state index < -0.39 is 0 Å². The Morgan fingerprint density at radius 1 is 1.38 bits per heavy atom. The lowest BCUT2D eigenvalue weighted by atomic mass is 10.4. The summed E-state index contributed by atoms with van der Waals surface area (Å²) in [5.74, 6) is 1.56. The van der Waals surface area contributed by atoms with Crippen LogP contribution in [0.2, 0.25) is 0 Å². The molecule has 0 amide bonds. The Morgan fingerprint density at radius 3 is 3.05 bits per heavy atom. The zero-order valence-corrected chi connectivity index (χ0v) is 12.3. The largest absolute Gasteiger partial charge is 0.481 e. The smallest absolute Gasteiger partial charge is 0.268 e.